The highest BCUT2D eigenvalue weighted by atomic mass is 16.5. The minimum Gasteiger partial charge on any atom is -0.364 e. The zero-order chi connectivity index (χ0) is 7.40. The molecular formula is C7H12N2O. The molecular weight excluding hydrogens is 128 g/mol. The van der Waals surface area contributed by atoms with Gasteiger partial charge in [-0.25, -0.2) is 0 Å². The molecule has 0 saturated heterocycles. The van der Waals surface area contributed by atoms with E-state index >= 15 is 0 Å². The predicted octanol–water partition coefficient (Wildman–Crippen LogP) is 0.956. The van der Waals surface area contributed by atoms with E-state index in [2.05, 4.69) is 17.4 Å². The number of rotatable bonds is 3. The molecule has 3 heteroatoms. The smallest absolute Gasteiger partial charge is 0.128 e. The largest absolute Gasteiger partial charge is 0.364 e. The van der Waals surface area contributed by atoms with E-state index in [0.29, 0.717) is 0 Å². The Morgan fingerprint density at radius 2 is 2.50 bits per heavy atom. The van der Waals surface area contributed by atoms with Crippen molar-refractivity contribution in [2.24, 2.45) is 0 Å². The van der Waals surface area contributed by atoms with Gasteiger partial charge in [-0.2, -0.15) is 0 Å². The van der Waals surface area contributed by atoms with Gasteiger partial charge in [-0.15, -0.1) is 0 Å². The second-order valence-corrected chi connectivity index (χ2v) is 2.17. The summed E-state index contributed by atoms with van der Waals surface area (Å²) in [5.74, 6) is 0. The monoisotopic (exact) mass is 140 g/mol. The second kappa shape index (κ2) is 3.37. The number of hydrogen-bond acceptors (Lipinski definition) is 3. The van der Waals surface area contributed by atoms with Gasteiger partial charge in [0.2, 0.25) is 0 Å². The summed E-state index contributed by atoms with van der Waals surface area (Å²) < 4.78 is 4.80. The van der Waals surface area contributed by atoms with E-state index in [1.165, 1.54) is 0 Å². The van der Waals surface area contributed by atoms with Crippen molar-refractivity contribution in [2.45, 2.75) is 19.9 Å². The van der Waals surface area contributed by atoms with Gasteiger partial charge in [-0.3, -0.25) is 0 Å². The Kier molecular flexibility index (Phi) is 2.45. The molecule has 0 unspecified atom stereocenters. The molecule has 0 saturated carbocycles. The lowest BCUT2D eigenvalue weighted by molar-refractivity contribution is 0.412. The molecule has 56 valence electrons. The van der Waals surface area contributed by atoms with Crippen LogP contribution in [-0.4, -0.2) is 12.2 Å². The van der Waals surface area contributed by atoms with Gasteiger partial charge in [-0.05, 0) is 13.5 Å². The van der Waals surface area contributed by atoms with Crippen molar-refractivity contribution in [1.82, 2.24) is 10.5 Å². The molecule has 1 heterocycles. The van der Waals surface area contributed by atoms with E-state index < -0.39 is 0 Å². The molecule has 0 radical (unpaired) electrons. The quantitative estimate of drug-likeness (QED) is 0.679. The van der Waals surface area contributed by atoms with Gasteiger partial charge < -0.3 is 9.84 Å². The van der Waals surface area contributed by atoms with Crippen molar-refractivity contribution in [3.8, 4) is 0 Å². The van der Waals surface area contributed by atoms with Crippen molar-refractivity contribution in [2.75, 3.05) is 7.05 Å². The van der Waals surface area contributed by atoms with Crippen molar-refractivity contribution in [3.05, 3.63) is 17.5 Å². The minimum absolute atomic E-state index is 0.840. The number of hydrogen-bond donors (Lipinski definition) is 1. The van der Waals surface area contributed by atoms with E-state index in [-0.39, 0.29) is 0 Å². The maximum atomic E-state index is 4.80. The van der Waals surface area contributed by atoms with E-state index in [1.807, 2.05) is 7.05 Å². The summed E-state index contributed by atoms with van der Waals surface area (Å²) in [7, 11) is 1.91. The summed E-state index contributed by atoms with van der Waals surface area (Å²) >= 11 is 0. The molecule has 10 heavy (non-hydrogen) atoms. The maximum absolute atomic E-state index is 4.80. The van der Waals surface area contributed by atoms with E-state index in [1.54, 1.807) is 6.26 Å². The molecule has 0 fully saturated rings. The lowest BCUT2D eigenvalue weighted by Gasteiger charge is -1.94. The maximum Gasteiger partial charge on any atom is 0.128 e. The Hall–Kier alpha value is -0.830. The highest BCUT2D eigenvalue weighted by molar-refractivity contribution is 5.13. The molecule has 0 aliphatic carbocycles. The molecule has 1 rings (SSSR count). The predicted molar refractivity (Wildman–Crippen MR) is 38.6 cm³/mol. The van der Waals surface area contributed by atoms with Crippen LogP contribution in [0.5, 0.6) is 0 Å². The molecule has 0 atom stereocenters. The Morgan fingerprint density at radius 1 is 1.70 bits per heavy atom. The highest BCUT2D eigenvalue weighted by Gasteiger charge is 2.02. The summed E-state index contributed by atoms with van der Waals surface area (Å²) in [4.78, 5) is 0. The molecule has 0 bridgehead atoms. The summed E-state index contributed by atoms with van der Waals surface area (Å²) in [6.45, 7) is 2.91. The number of nitrogens with zero attached hydrogens (tertiary/aromatic N) is 1. The zero-order valence-electron chi connectivity index (χ0n) is 6.35. The van der Waals surface area contributed by atoms with E-state index in [9.17, 15) is 0 Å². The third-order valence-electron chi connectivity index (χ3n) is 1.43. The summed E-state index contributed by atoms with van der Waals surface area (Å²) in [6, 6.07) is 0. The van der Waals surface area contributed by atoms with Crippen LogP contribution in [0.4, 0.5) is 0 Å². The Morgan fingerprint density at radius 3 is 3.10 bits per heavy atom. The Labute approximate surface area is 60.4 Å². The summed E-state index contributed by atoms with van der Waals surface area (Å²) in [5, 5.41) is 6.88. The molecule has 0 aliphatic rings. The third kappa shape index (κ3) is 1.36. The van der Waals surface area contributed by atoms with Crippen LogP contribution in [0.2, 0.25) is 0 Å². The average molecular weight is 140 g/mol. The SMILES string of the molecule is CCc1nocc1CNC. The fraction of sp³-hybridized carbons (Fsp3) is 0.571. The van der Waals surface area contributed by atoms with E-state index in [0.717, 1.165) is 24.2 Å². The molecule has 0 aliphatic heterocycles. The molecule has 1 aromatic rings. The van der Waals surface area contributed by atoms with Crippen molar-refractivity contribution < 1.29 is 4.52 Å². The van der Waals surface area contributed by atoms with Gasteiger partial charge in [0.05, 0.1) is 5.69 Å². The van der Waals surface area contributed by atoms with Crippen molar-refractivity contribution in [1.29, 1.82) is 0 Å². The molecule has 0 spiro atoms. The highest BCUT2D eigenvalue weighted by Crippen LogP contribution is 2.05. The van der Waals surface area contributed by atoms with Crippen LogP contribution in [-0.2, 0) is 13.0 Å². The molecule has 0 amide bonds. The zero-order valence-corrected chi connectivity index (χ0v) is 6.35. The van der Waals surface area contributed by atoms with Gasteiger partial charge >= 0.3 is 0 Å². The van der Waals surface area contributed by atoms with Crippen LogP contribution < -0.4 is 5.32 Å². The molecule has 1 N–H and O–H groups in total. The summed E-state index contributed by atoms with van der Waals surface area (Å²) in [6.07, 6.45) is 2.63. The fourth-order valence-electron chi connectivity index (χ4n) is 0.906. The van der Waals surface area contributed by atoms with Crippen LogP contribution in [0.1, 0.15) is 18.2 Å². The topological polar surface area (TPSA) is 38.1 Å². The van der Waals surface area contributed by atoms with Gasteiger partial charge in [0.1, 0.15) is 6.26 Å². The minimum atomic E-state index is 0.840. The van der Waals surface area contributed by atoms with Gasteiger partial charge in [0, 0.05) is 12.1 Å². The van der Waals surface area contributed by atoms with Gasteiger partial charge in [0.15, 0.2) is 0 Å². The first kappa shape index (κ1) is 7.28. The standard InChI is InChI=1S/C7H12N2O/c1-3-7-6(4-8-2)5-10-9-7/h5,8H,3-4H2,1-2H3. The third-order valence-corrected chi connectivity index (χ3v) is 1.43. The van der Waals surface area contributed by atoms with Crippen LogP contribution in [0.3, 0.4) is 0 Å². The molecule has 3 nitrogen and oxygen atoms in total. The molecule has 0 aromatic carbocycles. The lowest BCUT2D eigenvalue weighted by Crippen LogP contribution is -2.05. The van der Waals surface area contributed by atoms with Crippen molar-refractivity contribution >= 4 is 0 Å². The first-order valence-electron chi connectivity index (χ1n) is 3.45. The number of aryl methyl sites for hydroxylation is 1. The van der Waals surface area contributed by atoms with Crippen molar-refractivity contribution in [3.63, 3.8) is 0 Å². The number of aromatic nitrogens is 1. The molecule has 1 aromatic heterocycles. The Bertz CT molecular complexity index is 195. The lowest BCUT2D eigenvalue weighted by atomic mass is 10.2. The van der Waals surface area contributed by atoms with E-state index in [4.69, 9.17) is 4.52 Å². The van der Waals surface area contributed by atoms with Crippen LogP contribution >= 0.6 is 0 Å². The Balaban J connectivity index is 2.70. The normalized spacial score (nSPS) is 10.2. The van der Waals surface area contributed by atoms with Crippen LogP contribution in [0.15, 0.2) is 10.8 Å². The van der Waals surface area contributed by atoms with Gasteiger partial charge in [0.25, 0.3) is 0 Å². The summed E-state index contributed by atoms with van der Waals surface area (Å²) in [5.41, 5.74) is 2.21. The van der Waals surface area contributed by atoms with Crippen LogP contribution in [0, 0.1) is 0 Å². The average Bonchev–Trinajstić information content (AvgIpc) is 2.36. The number of nitrogens with one attached hydrogen (secondary N) is 1. The van der Waals surface area contributed by atoms with Crippen LogP contribution in [0.25, 0.3) is 0 Å². The fourth-order valence-corrected chi connectivity index (χ4v) is 0.906. The second-order valence-electron chi connectivity index (χ2n) is 2.17. The first-order chi connectivity index (χ1) is 4.88. The van der Waals surface area contributed by atoms with Gasteiger partial charge in [-0.1, -0.05) is 12.1 Å². The first-order valence-corrected chi connectivity index (χ1v) is 3.45.